The summed E-state index contributed by atoms with van der Waals surface area (Å²) in [7, 11) is -3.48. The summed E-state index contributed by atoms with van der Waals surface area (Å²) in [5.74, 6) is -1.55. The number of nitrogens with one attached hydrogen (secondary N) is 1. The maximum Gasteiger partial charge on any atom is 0.326 e. The first-order chi connectivity index (χ1) is 7.72. The molecule has 2 N–H and O–H groups in total. The minimum Gasteiger partial charge on any atom is -0.480 e. The van der Waals surface area contributed by atoms with Gasteiger partial charge in [-0.05, 0) is 19.8 Å². The van der Waals surface area contributed by atoms with Crippen LogP contribution in [0, 0.1) is 0 Å². The van der Waals surface area contributed by atoms with E-state index < -0.39 is 34.0 Å². The Labute approximate surface area is 99.8 Å². The van der Waals surface area contributed by atoms with Crippen LogP contribution in [0.1, 0.15) is 19.8 Å². The van der Waals surface area contributed by atoms with Gasteiger partial charge in [-0.15, -0.1) is 0 Å². The first-order valence-corrected chi connectivity index (χ1v) is 7.12. The van der Waals surface area contributed by atoms with Gasteiger partial charge in [0.2, 0.25) is 15.9 Å². The minimum absolute atomic E-state index is 0.353. The molecule has 0 bridgehead atoms. The van der Waals surface area contributed by atoms with Crippen molar-refractivity contribution in [3.63, 3.8) is 0 Å². The Balaban J connectivity index is 2.72. The molecule has 8 heteroatoms. The van der Waals surface area contributed by atoms with Crippen LogP contribution in [0.25, 0.3) is 0 Å². The van der Waals surface area contributed by atoms with Crippen LogP contribution in [0.5, 0.6) is 0 Å². The molecule has 2 atom stereocenters. The lowest BCUT2D eigenvalue weighted by molar-refractivity contribution is -0.148. The van der Waals surface area contributed by atoms with Crippen molar-refractivity contribution in [3.05, 3.63) is 0 Å². The zero-order chi connectivity index (χ0) is 13.2. The number of carbonyl (C=O) groups excluding carboxylic acids is 1. The third-order valence-corrected chi connectivity index (χ3v) is 3.36. The van der Waals surface area contributed by atoms with E-state index in [4.69, 9.17) is 5.11 Å². The quantitative estimate of drug-likeness (QED) is 0.677. The molecule has 7 nitrogen and oxygen atoms in total. The average Bonchev–Trinajstić information content (AvgIpc) is 2.61. The summed E-state index contributed by atoms with van der Waals surface area (Å²) in [6.45, 7) is 1.76. The highest BCUT2D eigenvalue weighted by Crippen LogP contribution is 2.18. The van der Waals surface area contributed by atoms with Crippen molar-refractivity contribution in [2.24, 2.45) is 0 Å². The van der Waals surface area contributed by atoms with Gasteiger partial charge in [0, 0.05) is 6.54 Å². The fourth-order valence-electron chi connectivity index (χ4n) is 1.91. The molecule has 0 spiro atoms. The predicted octanol–water partition coefficient (Wildman–Crippen LogP) is -1.00. The predicted molar refractivity (Wildman–Crippen MR) is 59.8 cm³/mol. The molecular weight excluding hydrogens is 248 g/mol. The van der Waals surface area contributed by atoms with Crippen molar-refractivity contribution in [3.8, 4) is 0 Å². The number of carboxylic acid groups (broad SMARTS) is 1. The Morgan fingerprint density at radius 1 is 1.47 bits per heavy atom. The van der Waals surface area contributed by atoms with Crippen molar-refractivity contribution < 1.29 is 23.1 Å². The normalized spacial score (nSPS) is 22.5. The van der Waals surface area contributed by atoms with Crippen LogP contribution in [0.3, 0.4) is 0 Å². The molecule has 0 radical (unpaired) electrons. The molecule has 1 fully saturated rings. The second kappa shape index (κ2) is 5.01. The summed E-state index contributed by atoms with van der Waals surface area (Å²) >= 11 is 0. The average molecular weight is 264 g/mol. The van der Waals surface area contributed by atoms with Gasteiger partial charge in [-0.1, -0.05) is 0 Å². The van der Waals surface area contributed by atoms with Crippen LogP contribution >= 0.6 is 0 Å². The summed E-state index contributed by atoms with van der Waals surface area (Å²) in [5.41, 5.74) is 0. The number of nitrogens with zero attached hydrogens (tertiary/aromatic N) is 1. The number of rotatable bonds is 4. The van der Waals surface area contributed by atoms with E-state index in [-0.39, 0.29) is 0 Å². The van der Waals surface area contributed by atoms with E-state index in [0.29, 0.717) is 19.4 Å². The SMILES string of the molecule is CC(NS(C)(=O)=O)C(=O)N1CCC[C@H]1C(=O)O. The molecule has 1 heterocycles. The summed E-state index contributed by atoms with van der Waals surface area (Å²) in [4.78, 5) is 24.0. The van der Waals surface area contributed by atoms with Gasteiger partial charge in [-0.25, -0.2) is 17.9 Å². The number of aliphatic carboxylic acids is 1. The van der Waals surface area contributed by atoms with Gasteiger partial charge in [0.05, 0.1) is 12.3 Å². The van der Waals surface area contributed by atoms with Crippen molar-refractivity contribution >= 4 is 21.9 Å². The Bertz CT molecular complexity index is 419. The van der Waals surface area contributed by atoms with Gasteiger partial charge in [0.15, 0.2) is 0 Å². The van der Waals surface area contributed by atoms with Crippen LogP contribution in [-0.2, 0) is 19.6 Å². The molecule has 0 aromatic rings. The molecule has 0 aliphatic carbocycles. The number of likely N-dealkylation sites (tertiary alicyclic amines) is 1. The molecule has 1 saturated heterocycles. The molecular formula is C9H16N2O5S. The van der Waals surface area contributed by atoms with Crippen molar-refractivity contribution in [1.82, 2.24) is 9.62 Å². The number of sulfonamides is 1. The molecule has 1 aliphatic rings. The summed E-state index contributed by atoms with van der Waals surface area (Å²) in [5, 5.41) is 8.91. The summed E-state index contributed by atoms with van der Waals surface area (Å²) in [6, 6.07) is -1.78. The van der Waals surface area contributed by atoms with Crippen LogP contribution < -0.4 is 4.72 Å². The second-order valence-corrected chi connectivity index (χ2v) is 5.92. The first kappa shape index (κ1) is 13.9. The maximum absolute atomic E-state index is 11.9. The van der Waals surface area contributed by atoms with Crippen LogP contribution in [0.4, 0.5) is 0 Å². The highest BCUT2D eigenvalue weighted by atomic mass is 32.2. The molecule has 0 aromatic heterocycles. The van der Waals surface area contributed by atoms with Gasteiger partial charge in [-0.2, -0.15) is 0 Å². The lowest BCUT2D eigenvalue weighted by Gasteiger charge is -2.24. The van der Waals surface area contributed by atoms with Crippen molar-refractivity contribution in [2.75, 3.05) is 12.8 Å². The van der Waals surface area contributed by atoms with E-state index in [1.54, 1.807) is 0 Å². The molecule has 1 amide bonds. The third kappa shape index (κ3) is 3.67. The van der Waals surface area contributed by atoms with E-state index in [9.17, 15) is 18.0 Å². The Kier molecular flexibility index (Phi) is 4.10. The fraction of sp³-hybridized carbons (Fsp3) is 0.778. The Morgan fingerprint density at radius 3 is 2.53 bits per heavy atom. The molecule has 1 unspecified atom stereocenters. The molecule has 98 valence electrons. The van der Waals surface area contributed by atoms with Gasteiger partial charge in [0.1, 0.15) is 6.04 Å². The summed E-state index contributed by atoms with van der Waals surface area (Å²) < 4.78 is 24.1. The van der Waals surface area contributed by atoms with E-state index >= 15 is 0 Å². The number of carboxylic acids is 1. The van der Waals surface area contributed by atoms with E-state index in [1.165, 1.54) is 11.8 Å². The number of hydrogen-bond donors (Lipinski definition) is 2. The number of amides is 1. The van der Waals surface area contributed by atoms with Crippen molar-refractivity contribution in [2.45, 2.75) is 31.8 Å². The topological polar surface area (TPSA) is 104 Å². The standard InChI is InChI=1S/C9H16N2O5S/c1-6(10-17(2,15)16)8(12)11-5-3-4-7(11)9(13)14/h6-7,10H,3-5H2,1-2H3,(H,13,14)/t6?,7-/m0/s1. The highest BCUT2D eigenvalue weighted by molar-refractivity contribution is 7.88. The van der Waals surface area contributed by atoms with Crippen LogP contribution in [0.15, 0.2) is 0 Å². The summed E-state index contributed by atoms with van der Waals surface area (Å²) in [6.07, 6.45) is 1.98. The monoisotopic (exact) mass is 264 g/mol. The van der Waals surface area contributed by atoms with Gasteiger partial charge >= 0.3 is 5.97 Å². The Hall–Kier alpha value is -1.15. The van der Waals surface area contributed by atoms with Gasteiger partial charge in [-0.3, -0.25) is 4.79 Å². The van der Waals surface area contributed by atoms with Crippen LogP contribution in [-0.4, -0.2) is 55.2 Å². The number of hydrogen-bond acceptors (Lipinski definition) is 4. The molecule has 1 rings (SSSR count). The zero-order valence-electron chi connectivity index (χ0n) is 9.71. The van der Waals surface area contributed by atoms with Crippen LogP contribution in [0.2, 0.25) is 0 Å². The lowest BCUT2D eigenvalue weighted by atomic mass is 10.2. The second-order valence-electron chi connectivity index (χ2n) is 4.14. The lowest BCUT2D eigenvalue weighted by Crippen LogP contribution is -2.50. The van der Waals surface area contributed by atoms with Crippen molar-refractivity contribution in [1.29, 1.82) is 0 Å². The fourth-order valence-corrected chi connectivity index (χ4v) is 2.65. The molecule has 17 heavy (non-hydrogen) atoms. The maximum atomic E-state index is 11.9. The molecule has 1 aliphatic heterocycles. The Morgan fingerprint density at radius 2 is 2.06 bits per heavy atom. The van der Waals surface area contributed by atoms with Gasteiger partial charge in [0.25, 0.3) is 0 Å². The highest BCUT2D eigenvalue weighted by Gasteiger charge is 2.36. The van der Waals surface area contributed by atoms with E-state index in [2.05, 4.69) is 4.72 Å². The van der Waals surface area contributed by atoms with E-state index in [0.717, 1.165) is 6.26 Å². The zero-order valence-corrected chi connectivity index (χ0v) is 10.5. The third-order valence-electron chi connectivity index (χ3n) is 2.58. The molecule has 0 saturated carbocycles. The van der Waals surface area contributed by atoms with Gasteiger partial charge < -0.3 is 10.0 Å². The van der Waals surface area contributed by atoms with E-state index in [1.807, 2.05) is 0 Å². The number of carbonyl (C=O) groups is 2. The largest absolute Gasteiger partial charge is 0.480 e. The first-order valence-electron chi connectivity index (χ1n) is 5.23. The molecule has 0 aromatic carbocycles. The smallest absolute Gasteiger partial charge is 0.326 e. The minimum atomic E-state index is -3.48.